The number of nitrogen functional groups attached to an aromatic ring is 1. The van der Waals surface area contributed by atoms with Crippen LogP contribution in [0.4, 0.5) is 5.82 Å². The van der Waals surface area contributed by atoms with E-state index in [1.54, 1.807) is 6.07 Å². The molecule has 0 unspecified atom stereocenters. The van der Waals surface area contributed by atoms with Crippen LogP contribution in [0.25, 0.3) is 16.8 Å². The van der Waals surface area contributed by atoms with Crippen molar-refractivity contribution in [2.75, 3.05) is 5.73 Å². The third kappa shape index (κ3) is 2.71. The topological polar surface area (TPSA) is 94.2 Å². The normalized spacial score (nSPS) is 12.8. The molecule has 0 fully saturated rings. The van der Waals surface area contributed by atoms with Gasteiger partial charge >= 0.3 is 0 Å². The molecule has 134 valence electrons. The van der Waals surface area contributed by atoms with Gasteiger partial charge in [0.05, 0.1) is 16.8 Å². The molecule has 27 heavy (non-hydrogen) atoms. The van der Waals surface area contributed by atoms with Crippen molar-refractivity contribution in [1.82, 2.24) is 9.88 Å². The van der Waals surface area contributed by atoms with Crippen molar-refractivity contribution >= 4 is 17.6 Å². The summed E-state index contributed by atoms with van der Waals surface area (Å²) in [4.78, 5) is 36.4. The SMILES string of the molecule is Cc1cc(C)cc(-c2cccc(-n3c(N)c4c(cc3=O)C(=O)NC4=O)c2)c1. The molecule has 0 radical (unpaired) electrons. The number of fused-ring (bicyclic) bond motifs is 1. The number of imide groups is 1. The van der Waals surface area contributed by atoms with Crippen LogP contribution < -0.4 is 16.6 Å². The summed E-state index contributed by atoms with van der Waals surface area (Å²) in [6.07, 6.45) is 0. The molecule has 0 bridgehead atoms. The molecule has 1 aromatic heterocycles. The van der Waals surface area contributed by atoms with Crippen LogP contribution in [0.3, 0.4) is 0 Å². The number of carbonyl (C=O) groups is 2. The van der Waals surface area contributed by atoms with Crippen molar-refractivity contribution in [3.8, 4) is 16.8 Å². The monoisotopic (exact) mass is 359 g/mol. The molecule has 1 aliphatic rings. The first-order valence-corrected chi connectivity index (χ1v) is 8.45. The fraction of sp³-hybridized carbons (Fsp3) is 0.0952. The van der Waals surface area contributed by atoms with Crippen molar-refractivity contribution in [1.29, 1.82) is 0 Å². The van der Waals surface area contributed by atoms with Crippen molar-refractivity contribution in [2.24, 2.45) is 0 Å². The zero-order chi connectivity index (χ0) is 19.3. The van der Waals surface area contributed by atoms with Crippen molar-refractivity contribution < 1.29 is 9.59 Å². The van der Waals surface area contributed by atoms with Gasteiger partial charge in [-0.2, -0.15) is 0 Å². The van der Waals surface area contributed by atoms with E-state index in [0.29, 0.717) is 5.69 Å². The van der Waals surface area contributed by atoms with Crippen molar-refractivity contribution in [3.63, 3.8) is 0 Å². The summed E-state index contributed by atoms with van der Waals surface area (Å²) >= 11 is 0. The van der Waals surface area contributed by atoms with E-state index in [1.807, 2.05) is 32.0 Å². The third-order valence-electron chi connectivity index (χ3n) is 4.61. The zero-order valence-corrected chi connectivity index (χ0v) is 14.9. The summed E-state index contributed by atoms with van der Waals surface area (Å²) < 4.78 is 1.25. The summed E-state index contributed by atoms with van der Waals surface area (Å²) in [6, 6.07) is 14.7. The second kappa shape index (κ2) is 5.95. The molecule has 0 spiro atoms. The Hall–Kier alpha value is -3.67. The second-order valence-corrected chi connectivity index (χ2v) is 6.70. The molecule has 2 aromatic carbocycles. The summed E-state index contributed by atoms with van der Waals surface area (Å²) in [5.74, 6) is -1.24. The average Bonchev–Trinajstić information content (AvgIpc) is 2.88. The number of hydrogen-bond donors (Lipinski definition) is 2. The van der Waals surface area contributed by atoms with E-state index in [4.69, 9.17) is 5.73 Å². The maximum Gasteiger partial charge on any atom is 0.262 e. The van der Waals surface area contributed by atoms with Gasteiger partial charge in [-0.1, -0.05) is 41.5 Å². The number of carbonyl (C=O) groups excluding carboxylic acids is 2. The van der Waals surface area contributed by atoms with Gasteiger partial charge in [0.2, 0.25) is 0 Å². The minimum Gasteiger partial charge on any atom is -0.384 e. The molecular weight excluding hydrogens is 342 g/mol. The molecule has 6 nitrogen and oxygen atoms in total. The van der Waals surface area contributed by atoms with Gasteiger partial charge in [-0.05, 0) is 37.1 Å². The van der Waals surface area contributed by atoms with Gasteiger partial charge in [-0.3, -0.25) is 24.3 Å². The Morgan fingerprint density at radius 3 is 2.26 bits per heavy atom. The number of pyridine rings is 1. The summed E-state index contributed by atoms with van der Waals surface area (Å²) in [6.45, 7) is 4.05. The Bertz CT molecular complexity index is 1170. The van der Waals surface area contributed by atoms with E-state index in [9.17, 15) is 14.4 Å². The maximum atomic E-state index is 12.6. The Morgan fingerprint density at radius 2 is 1.56 bits per heavy atom. The number of benzene rings is 2. The van der Waals surface area contributed by atoms with Crippen LogP contribution in [0.5, 0.6) is 0 Å². The number of nitrogens with zero attached hydrogens (tertiary/aromatic N) is 1. The van der Waals surface area contributed by atoms with Crippen LogP contribution in [0.15, 0.2) is 53.3 Å². The van der Waals surface area contributed by atoms with Crippen molar-refractivity contribution in [3.05, 3.63) is 81.1 Å². The molecule has 3 N–H and O–H groups in total. The Labute approximate surface area is 155 Å². The lowest BCUT2D eigenvalue weighted by Gasteiger charge is -2.13. The number of nitrogens with one attached hydrogen (secondary N) is 1. The van der Waals surface area contributed by atoms with Gasteiger partial charge < -0.3 is 5.73 Å². The van der Waals surface area contributed by atoms with Crippen LogP contribution >= 0.6 is 0 Å². The maximum absolute atomic E-state index is 12.6. The number of rotatable bonds is 2. The van der Waals surface area contributed by atoms with Gasteiger partial charge in [0.25, 0.3) is 17.4 Å². The highest BCUT2D eigenvalue weighted by atomic mass is 16.2. The third-order valence-corrected chi connectivity index (χ3v) is 4.61. The van der Waals surface area contributed by atoms with Gasteiger partial charge in [0, 0.05) is 6.07 Å². The van der Waals surface area contributed by atoms with E-state index < -0.39 is 17.4 Å². The highest BCUT2D eigenvalue weighted by Crippen LogP contribution is 2.27. The molecular formula is C21H17N3O3. The summed E-state index contributed by atoms with van der Waals surface area (Å²) in [5, 5.41) is 2.17. The lowest BCUT2D eigenvalue weighted by molar-refractivity contribution is 0.0880. The molecule has 0 saturated carbocycles. The van der Waals surface area contributed by atoms with Gasteiger partial charge in [0.1, 0.15) is 5.82 Å². The molecule has 4 rings (SSSR count). The highest BCUT2D eigenvalue weighted by molar-refractivity contribution is 6.23. The van der Waals surface area contributed by atoms with E-state index in [-0.39, 0.29) is 16.9 Å². The highest BCUT2D eigenvalue weighted by Gasteiger charge is 2.31. The smallest absolute Gasteiger partial charge is 0.262 e. The number of anilines is 1. The van der Waals surface area contributed by atoms with Gasteiger partial charge in [-0.15, -0.1) is 0 Å². The quantitative estimate of drug-likeness (QED) is 0.688. The van der Waals surface area contributed by atoms with Crippen molar-refractivity contribution in [2.45, 2.75) is 13.8 Å². The Morgan fingerprint density at radius 1 is 0.852 bits per heavy atom. The largest absolute Gasteiger partial charge is 0.384 e. The number of aryl methyl sites for hydroxylation is 2. The summed E-state index contributed by atoms with van der Waals surface area (Å²) in [7, 11) is 0. The molecule has 2 heterocycles. The van der Waals surface area contributed by atoms with Crippen LogP contribution in [-0.2, 0) is 0 Å². The Kier molecular flexibility index (Phi) is 3.70. The predicted octanol–water partition coefficient (Wildman–Crippen LogP) is 2.59. The van der Waals surface area contributed by atoms with Gasteiger partial charge in [-0.25, -0.2) is 0 Å². The standard InChI is InChI=1S/C21H17N3O3/c1-11-6-12(2)8-14(7-11)13-4-3-5-15(9-13)24-17(25)10-16-18(19(24)22)21(27)23-20(16)26/h3-10H,22H2,1-2H3,(H,23,26,27). The second-order valence-electron chi connectivity index (χ2n) is 6.70. The fourth-order valence-electron chi connectivity index (χ4n) is 3.51. The number of nitrogens with two attached hydrogens (primary N) is 1. The summed E-state index contributed by atoms with van der Waals surface area (Å²) in [5.41, 5.74) is 10.5. The van der Waals surface area contributed by atoms with Crippen LogP contribution in [0, 0.1) is 13.8 Å². The first kappa shape index (κ1) is 16.8. The van der Waals surface area contributed by atoms with E-state index in [0.717, 1.165) is 28.3 Å². The molecule has 3 aromatic rings. The predicted molar refractivity (Wildman–Crippen MR) is 103 cm³/mol. The molecule has 0 atom stereocenters. The Balaban J connectivity index is 1.91. The first-order valence-electron chi connectivity index (χ1n) is 8.45. The van der Waals surface area contributed by atoms with Crippen LogP contribution in [-0.4, -0.2) is 16.4 Å². The zero-order valence-electron chi connectivity index (χ0n) is 14.9. The average molecular weight is 359 g/mol. The minimum absolute atomic E-state index is 0.0178. The lowest BCUT2D eigenvalue weighted by Crippen LogP contribution is -2.24. The molecule has 0 saturated heterocycles. The molecule has 0 aliphatic carbocycles. The number of hydrogen-bond acceptors (Lipinski definition) is 4. The van der Waals surface area contributed by atoms with E-state index in [2.05, 4.69) is 23.5 Å². The molecule has 2 amide bonds. The van der Waals surface area contributed by atoms with Crippen LogP contribution in [0.1, 0.15) is 31.8 Å². The minimum atomic E-state index is -0.602. The van der Waals surface area contributed by atoms with E-state index in [1.165, 1.54) is 4.57 Å². The number of amides is 2. The van der Waals surface area contributed by atoms with Crippen LogP contribution in [0.2, 0.25) is 0 Å². The first-order chi connectivity index (χ1) is 12.8. The molecule has 6 heteroatoms. The van der Waals surface area contributed by atoms with Gasteiger partial charge in [0.15, 0.2) is 0 Å². The molecule has 1 aliphatic heterocycles. The lowest BCUT2D eigenvalue weighted by atomic mass is 10.0. The van der Waals surface area contributed by atoms with E-state index >= 15 is 0 Å². The fourth-order valence-corrected chi connectivity index (χ4v) is 3.51. The number of aromatic nitrogens is 1.